The van der Waals surface area contributed by atoms with Gasteiger partial charge in [0.2, 0.25) is 0 Å². The van der Waals surface area contributed by atoms with E-state index < -0.39 is 97.5 Å². The molecule has 0 aliphatic carbocycles. The number of phosphoric acid groups is 2. The van der Waals surface area contributed by atoms with Crippen LogP contribution < -0.4 is 0 Å². The number of esters is 4. The third-order valence-corrected chi connectivity index (χ3v) is 21.7. The van der Waals surface area contributed by atoms with Crippen LogP contribution in [0.15, 0.2) is 0 Å². The van der Waals surface area contributed by atoms with Gasteiger partial charge >= 0.3 is 39.5 Å². The van der Waals surface area contributed by atoms with Gasteiger partial charge in [-0.1, -0.05) is 389 Å². The summed E-state index contributed by atoms with van der Waals surface area (Å²) in [6.07, 6.45) is 62.6. The number of unbranched alkanes of at least 4 members (excludes halogenated alkanes) is 48. The van der Waals surface area contributed by atoms with E-state index in [4.69, 9.17) is 37.0 Å². The van der Waals surface area contributed by atoms with Gasteiger partial charge in [-0.05, 0) is 49.4 Å². The van der Waals surface area contributed by atoms with E-state index in [9.17, 15) is 43.2 Å². The molecule has 17 nitrogen and oxygen atoms in total. The van der Waals surface area contributed by atoms with Crippen molar-refractivity contribution in [2.45, 2.75) is 459 Å². The average Bonchev–Trinajstić information content (AvgIpc) is 0.917. The fraction of sp³-hybridized carbons (Fsp3) is 0.953. The van der Waals surface area contributed by atoms with E-state index in [1.165, 1.54) is 238 Å². The zero-order chi connectivity index (χ0) is 76.7. The van der Waals surface area contributed by atoms with Crippen molar-refractivity contribution in [3.63, 3.8) is 0 Å². The first-order valence-electron chi connectivity index (χ1n) is 43.7. The number of aliphatic hydroxyl groups excluding tert-OH is 1. The predicted octanol–water partition coefficient (Wildman–Crippen LogP) is 25.6. The normalized spacial score (nSPS) is 14.0. The first-order chi connectivity index (χ1) is 50.1. The summed E-state index contributed by atoms with van der Waals surface area (Å²) in [6, 6.07) is 0. The Morgan fingerprint density at radius 2 is 0.404 bits per heavy atom. The maximum Gasteiger partial charge on any atom is 0.472 e. The van der Waals surface area contributed by atoms with Gasteiger partial charge in [-0.25, -0.2) is 9.13 Å². The van der Waals surface area contributed by atoms with E-state index in [2.05, 4.69) is 55.4 Å². The van der Waals surface area contributed by atoms with Crippen molar-refractivity contribution >= 4 is 39.5 Å². The molecule has 0 fully saturated rings. The number of rotatable bonds is 82. The molecule has 0 aliphatic rings. The second-order valence-electron chi connectivity index (χ2n) is 32.5. The largest absolute Gasteiger partial charge is 0.472 e. The van der Waals surface area contributed by atoms with Crippen molar-refractivity contribution in [1.82, 2.24) is 0 Å². The Hall–Kier alpha value is -1.94. The molecule has 3 unspecified atom stereocenters. The molecule has 0 aromatic rings. The third kappa shape index (κ3) is 78.2. The average molecular weight is 1520 g/mol. The number of carbonyl (C=O) groups excluding carboxylic acids is 4. The van der Waals surface area contributed by atoms with Crippen LogP contribution in [0.1, 0.15) is 441 Å². The molecule has 618 valence electrons. The highest BCUT2D eigenvalue weighted by Gasteiger charge is 2.30. The van der Waals surface area contributed by atoms with Crippen LogP contribution in [0.4, 0.5) is 0 Å². The van der Waals surface area contributed by atoms with Crippen LogP contribution in [0.3, 0.4) is 0 Å². The van der Waals surface area contributed by atoms with E-state index in [1.54, 1.807) is 0 Å². The fourth-order valence-electron chi connectivity index (χ4n) is 13.1. The maximum atomic E-state index is 13.1. The van der Waals surface area contributed by atoms with Crippen LogP contribution in [-0.2, 0) is 65.4 Å². The molecular weight excluding hydrogens is 1350 g/mol. The Balaban J connectivity index is 5.23. The Morgan fingerprint density at radius 1 is 0.240 bits per heavy atom. The Labute approximate surface area is 638 Å². The van der Waals surface area contributed by atoms with Crippen LogP contribution in [-0.4, -0.2) is 96.7 Å². The summed E-state index contributed by atoms with van der Waals surface area (Å²) in [5, 5.41) is 10.7. The van der Waals surface area contributed by atoms with E-state index in [0.717, 1.165) is 114 Å². The summed E-state index contributed by atoms with van der Waals surface area (Å²) < 4.78 is 68.8. The fourth-order valence-corrected chi connectivity index (χ4v) is 14.7. The molecule has 5 atom stereocenters. The molecular formula is C85H166O17P2. The summed E-state index contributed by atoms with van der Waals surface area (Å²) >= 11 is 0. The van der Waals surface area contributed by atoms with Crippen molar-refractivity contribution in [3.05, 3.63) is 0 Å². The van der Waals surface area contributed by atoms with E-state index in [0.29, 0.717) is 31.6 Å². The summed E-state index contributed by atoms with van der Waals surface area (Å²) in [4.78, 5) is 73.2. The number of phosphoric ester groups is 2. The molecule has 0 saturated heterocycles. The molecule has 0 heterocycles. The number of aliphatic hydroxyl groups is 1. The highest BCUT2D eigenvalue weighted by Crippen LogP contribution is 2.45. The van der Waals surface area contributed by atoms with Gasteiger partial charge in [0.05, 0.1) is 26.4 Å². The minimum absolute atomic E-state index is 0.107. The Bertz CT molecular complexity index is 2020. The summed E-state index contributed by atoms with van der Waals surface area (Å²) in [7, 11) is -9.93. The summed E-state index contributed by atoms with van der Waals surface area (Å²) in [5.74, 6) is 1.00. The zero-order valence-electron chi connectivity index (χ0n) is 68.7. The molecule has 0 amide bonds. The van der Waals surface area contributed by atoms with Crippen LogP contribution >= 0.6 is 15.6 Å². The van der Waals surface area contributed by atoms with E-state index in [-0.39, 0.29) is 25.7 Å². The highest BCUT2D eigenvalue weighted by atomic mass is 31.2. The number of carbonyl (C=O) groups is 4. The summed E-state index contributed by atoms with van der Waals surface area (Å²) in [5.41, 5.74) is 0. The topological polar surface area (TPSA) is 237 Å². The van der Waals surface area contributed by atoms with Crippen LogP contribution in [0.2, 0.25) is 0 Å². The highest BCUT2D eigenvalue weighted by molar-refractivity contribution is 7.47. The number of hydrogen-bond donors (Lipinski definition) is 3. The minimum atomic E-state index is -4.97. The van der Waals surface area contributed by atoms with Gasteiger partial charge in [-0.15, -0.1) is 0 Å². The van der Waals surface area contributed by atoms with Gasteiger partial charge in [0.25, 0.3) is 0 Å². The summed E-state index contributed by atoms with van der Waals surface area (Å²) in [6.45, 7) is 14.3. The van der Waals surface area contributed by atoms with Crippen molar-refractivity contribution in [1.29, 1.82) is 0 Å². The predicted molar refractivity (Wildman–Crippen MR) is 428 cm³/mol. The number of ether oxygens (including phenoxy) is 4. The first-order valence-corrected chi connectivity index (χ1v) is 46.7. The van der Waals surface area contributed by atoms with Crippen molar-refractivity contribution < 1.29 is 80.2 Å². The molecule has 0 aliphatic heterocycles. The lowest BCUT2D eigenvalue weighted by Crippen LogP contribution is -2.30. The van der Waals surface area contributed by atoms with Crippen LogP contribution in [0.25, 0.3) is 0 Å². The lowest BCUT2D eigenvalue weighted by atomic mass is 10.0. The lowest BCUT2D eigenvalue weighted by molar-refractivity contribution is -0.161. The molecule has 3 N–H and O–H groups in total. The van der Waals surface area contributed by atoms with Gasteiger partial charge in [0, 0.05) is 25.7 Å². The molecule has 0 bridgehead atoms. The van der Waals surface area contributed by atoms with Gasteiger partial charge in [-0.3, -0.25) is 37.3 Å². The Kier molecular flexibility index (Phi) is 72.5. The molecule has 0 spiro atoms. The quantitative estimate of drug-likeness (QED) is 0.0222. The van der Waals surface area contributed by atoms with Crippen LogP contribution in [0.5, 0.6) is 0 Å². The lowest BCUT2D eigenvalue weighted by Gasteiger charge is -2.21. The molecule has 104 heavy (non-hydrogen) atoms. The molecule has 0 rings (SSSR count). The molecule has 0 radical (unpaired) electrons. The molecule has 0 aromatic heterocycles. The number of hydrogen-bond acceptors (Lipinski definition) is 15. The standard InChI is InChI=1S/C85H166O17P2/c1-75(2)61-53-45-37-30-24-18-13-11-9-10-12-14-21-28-34-42-51-59-67-84(89)101-80(71-95-82(87)65-57-49-41-33-27-23-17-20-26-32-39-47-55-63-77(5)6)73-99-103(91,92)97-69-79(86)70-98-104(93,94)100-74-81(72-96-83(88)66-58-50-44-36-40-48-56-64-78(7)8)102-85(90)68-60-52-43-35-29-22-16-15-19-25-31-38-46-54-62-76(3)4/h75-81,86H,9-74H2,1-8H3,(H,91,92)(H,93,94)/t79?,80-,81-/m1/s1. The van der Waals surface area contributed by atoms with Gasteiger partial charge < -0.3 is 33.8 Å². The van der Waals surface area contributed by atoms with Crippen LogP contribution in [0, 0.1) is 23.7 Å². The molecule has 19 heteroatoms. The SMILES string of the molecule is CC(C)CCCCCCCCCCCCCCCCCCCCC(=O)O[C@H](COC(=O)CCCCCCCCCCCCCCCC(C)C)COP(=O)(O)OCC(O)COP(=O)(O)OC[C@@H](COC(=O)CCCCCCCCCC(C)C)OC(=O)CCCCCCCCCCCCCCCCC(C)C. The van der Waals surface area contributed by atoms with Crippen molar-refractivity contribution in [2.75, 3.05) is 39.6 Å². The Morgan fingerprint density at radius 3 is 0.596 bits per heavy atom. The second-order valence-corrected chi connectivity index (χ2v) is 35.4. The minimum Gasteiger partial charge on any atom is -0.462 e. The molecule has 0 saturated carbocycles. The monoisotopic (exact) mass is 1520 g/mol. The van der Waals surface area contributed by atoms with Crippen molar-refractivity contribution in [3.8, 4) is 0 Å². The maximum absolute atomic E-state index is 13.1. The van der Waals surface area contributed by atoms with Gasteiger partial charge in [0.1, 0.15) is 19.3 Å². The van der Waals surface area contributed by atoms with Gasteiger partial charge in [-0.2, -0.15) is 0 Å². The first kappa shape index (κ1) is 102. The van der Waals surface area contributed by atoms with Gasteiger partial charge in [0.15, 0.2) is 12.2 Å². The smallest absolute Gasteiger partial charge is 0.462 e. The third-order valence-electron chi connectivity index (χ3n) is 19.8. The van der Waals surface area contributed by atoms with E-state index in [1.807, 2.05) is 0 Å². The molecule has 0 aromatic carbocycles. The van der Waals surface area contributed by atoms with E-state index >= 15 is 0 Å². The van der Waals surface area contributed by atoms with Crippen molar-refractivity contribution in [2.24, 2.45) is 23.7 Å². The zero-order valence-corrected chi connectivity index (χ0v) is 70.5. The second kappa shape index (κ2) is 73.8.